The summed E-state index contributed by atoms with van der Waals surface area (Å²) in [7, 11) is -0.426. The Bertz CT molecular complexity index is 538. The number of rotatable bonds is 4. The zero-order chi connectivity index (χ0) is 16.7. The Morgan fingerprint density at radius 3 is 1.95 bits per heavy atom. The number of halogens is 1. The lowest BCUT2D eigenvalue weighted by Gasteiger charge is -2.32. The molecule has 5 heteroatoms. The molecule has 1 aromatic rings. The molecule has 0 amide bonds. The summed E-state index contributed by atoms with van der Waals surface area (Å²) in [6.45, 7) is 11.7. The Morgan fingerprint density at radius 1 is 1.09 bits per heavy atom. The van der Waals surface area contributed by atoms with Crippen LogP contribution >= 0.6 is 15.9 Å². The van der Waals surface area contributed by atoms with E-state index in [0.717, 1.165) is 10.0 Å². The Kier molecular flexibility index (Phi) is 4.91. The third-order valence-corrected chi connectivity index (χ3v) is 5.53. The molecular formula is C17H24BBrO3. The number of benzene rings is 1. The van der Waals surface area contributed by atoms with Gasteiger partial charge in [-0.25, -0.2) is 0 Å². The van der Waals surface area contributed by atoms with Crippen molar-refractivity contribution in [2.24, 2.45) is 5.92 Å². The monoisotopic (exact) mass is 366 g/mol. The van der Waals surface area contributed by atoms with Gasteiger partial charge in [-0.05, 0) is 52.3 Å². The minimum atomic E-state index is -0.426. The second-order valence-corrected chi connectivity index (χ2v) is 8.02. The lowest BCUT2D eigenvalue weighted by Crippen LogP contribution is -2.41. The van der Waals surface area contributed by atoms with E-state index in [4.69, 9.17) is 9.31 Å². The van der Waals surface area contributed by atoms with E-state index in [1.54, 1.807) is 6.92 Å². The Labute approximate surface area is 142 Å². The van der Waals surface area contributed by atoms with E-state index in [-0.39, 0.29) is 17.5 Å². The SMILES string of the molecule is CC(=O)[C@@H](C)[C@@H](B1OC(C)(C)C(C)(C)O1)c1ccc(Br)cc1. The van der Waals surface area contributed by atoms with Crippen LogP contribution in [0.1, 0.15) is 52.9 Å². The van der Waals surface area contributed by atoms with Crippen LogP contribution in [0.4, 0.5) is 0 Å². The maximum Gasteiger partial charge on any atom is 0.466 e. The third-order valence-electron chi connectivity index (χ3n) is 5.00. The molecule has 1 aliphatic rings. The van der Waals surface area contributed by atoms with Crippen LogP contribution in [0.25, 0.3) is 0 Å². The Morgan fingerprint density at radius 2 is 1.55 bits per heavy atom. The normalized spacial score (nSPS) is 22.4. The molecule has 22 heavy (non-hydrogen) atoms. The summed E-state index contributed by atoms with van der Waals surface area (Å²) in [5.74, 6) is -0.148. The summed E-state index contributed by atoms with van der Waals surface area (Å²) in [6, 6.07) is 8.03. The lowest BCUT2D eigenvalue weighted by molar-refractivity contribution is -0.120. The number of Topliss-reactive ketones (excluding diaryl/α,β-unsaturated/α-hetero) is 1. The highest BCUT2D eigenvalue weighted by Crippen LogP contribution is 2.43. The molecule has 0 aromatic heterocycles. The van der Waals surface area contributed by atoms with Crippen molar-refractivity contribution in [1.29, 1.82) is 0 Å². The first-order valence-corrected chi connectivity index (χ1v) is 8.46. The highest BCUT2D eigenvalue weighted by Gasteiger charge is 2.55. The summed E-state index contributed by atoms with van der Waals surface area (Å²) < 4.78 is 13.4. The summed E-state index contributed by atoms with van der Waals surface area (Å²) in [5, 5.41) is 0. The third kappa shape index (κ3) is 3.31. The molecule has 0 radical (unpaired) electrons. The Balaban J connectivity index is 2.38. The van der Waals surface area contributed by atoms with Crippen molar-refractivity contribution in [3.8, 4) is 0 Å². The molecule has 2 atom stereocenters. The van der Waals surface area contributed by atoms with Crippen LogP contribution in [-0.2, 0) is 14.1 Å². The number of carbonyl (C=O) groups is 1. The summed E-state index contributed by atoms with van der Waals surface area (Å²) >= 11 is 3.45. The van der Waals surface area contributed by atoms with Crippen LogP contribution in [0.5, 0.6) is 0 Å². The highest BCUT2D eigenvalue weighted by molar-refractivity contribution is 9.10. The fourth-order valence-electron chi connectivity index (χ4n) is 2.65. The molecular weight excluding hydrogens is 343 g/mol. The number of ketones is 1. The van der Waals surface area contributed by atoms with Crippen molar-refractivity contribution < 1.29 is 14.1 Å². The molecule has 0 N–H and O–H groups in total. The van der Waals surface area contributed by atoms with Gasteiger partial charge in [0.2, 0.25) is 0 Å². The van der Waals surface area contributed by atoms with Gasteiger partial charge in [0.15, 0.2) is 0 Å². The van der Waals surface area contributed by atoms with E-state index in [2.05, 4.69) is 15.9 Å². The van der Waals surface area contributed by atoms with E-state index in [9.17, 15) is 4.79 Å². The molecule has 3 nitrogen and oxygen atoms in total. The van der Waals surface area contributed by atoms with Crippen LogP contribution in [0.15, 0.2) is 28.7 Å². The average Bonchev–Trinajstić information content (AvgIpc) is 2.60. The van der Waals surface area contributed by atoms with E-state index < -0.39 is 18.3 Å². The Hall–Kier alpha value is -0.645. The van der Waals surface area contributed by atoms with E-state index in [1.165, 1.54) is 0 Å². The van der Waals surface area contributed by atoms with Crippen molar-refractivity contribution in [2.45, 2.75) is 58.6 Å². The van der Waals surface area contributed by atoms with Gasteiger partial charge in [0.1, 0.15) is 5.78 Å². The van der Waals surface area contributed by atoms with Crippen molar-refractivity contribution >= 4 is 28.8 Å². The quantitative estimate of drug-likeness (QED) is 0.741. The standard InChI is InChI=1S/C17H24BBrO3/c1-11(12(2)20)15(13-7-9-14(19)10-8-13)18-21-16(3,4)17(5,6)22-18/h7-11,15H,1-6H3/t11-,15-/m1/s1. The second kappa shape index (κ2) is 6.10. The van der Waals surface area contributed by atoms with Crippen molar-refractivity contribution in [3.05, 3.63) is 34.3 Å². The highest BCUT2D eigenvalue weighted by atomic mass is 79.9. The molecule has 2 rings (SSSR count). The van der Waals surface area contributed by atoms with Crippen LogP contribution in [0.3, 0.4) is 0 Å². The molecule has 1 aliphatic heterocycles. The minimum absolute atomic E-state index is 0.119. The molecule has 0 aliphatic carbocycles. The van der Waals surface area contributed by atoms with Crippen LogP contribution in [0, 0.1) is 5.92 Å². The van der Waals surface area contributed by atoms with E-state index in [0.29, 0.717) is 0 Å². The molecule has 1 fully saturated rings. The molecule has 0 saturated carbocycles. The largest absolute Gasteiger partial charge is 0.466 e. The van der Waals surface area contributed by atoms with Crippen molar-refractivity contribution in [1.82, 2.24) is 0 Å². The molecule has 1 saturated heterocycles. The first-order valence-electron chi connectivity index (χ1n) is 7.67. The number of hydrogen-bond donors (Lipinski definition) is 0. The molecule has 1 heterocycles. The van der Waals surface area contributed by atoms with Gasteiger partial charge in [0.05, 0.1) is 11.2 Å². The maximum absolute atomic E-state index is 12.0. The van der Waals surface area contributed by atoms with E-state index in [1.807, 2.05) is 58.9 Å². The average molecular weight is 367 g/mol. The van der Waals surface area contributed by atoms with Gasteiger partial charge < -0.3 is 9.31 Å². The van der Waals surface area contributed by atoms with Gasteiger partial charge in [-0.3, -0.25) is 4.79 Å². The number of hydrogen-bond acceptors (Lipinski definition) is 3. The zero-order valence-electron chi connectivity index (χ0n) is 14.1. The first kappa shape index (κ1) is 17.7. The van der Waals surface area contributed by atoms with Crippen LogP contribution in [-0.4, -0.2) is 24.1 Å². The van der Waals surface area contributed by atoms with Gasteiger partial charge in [0, 0.05) is 16.2 Å². The predicted octanol–water partition coefficient (Wildman–Crippen LogP) is 4.39. The van der Waals surface area contributed by atoms with Gasteiger partial charge in [-0.1, -0.05) is 35.0 Å². The van der Waals surface area contributed by atoms with Gasteiger partial charge in [-0.2, -0.15) is 0 Å². The van der Waals surface area contributed by atoms with Gasteiger partial charge >= 0.3 is 7.12 Å². The van der Waals surface area contributed by atoms with Gasteiger partial charge in [-0.15, -0.1) is 0 Å². The minimum Gasteiger partial charge on any atom is -0.403 e. The fourth-order valence-corrected chi connectivity index (χ4v) is 2.92. The smallest absolute Gasteiger partial charge is 0.403 e. The predicted molar refractivity (Wildman–Crippen MR) is 92.8 cm³/mol. The molecule has 0 spiro atoms. The zero-order valence-corrected chi connectivity index (χ0v) is 15.7. The molecule has 0 bridgehead atoms. The van der Waals surface area contributed by atoms with E-state index >= 15 is 0 Å². The lowest BCUT2D eigenvalue weighted by atomic mass is 9.61. The second-order valence-electron chi connectivity index (χ2n) is 7.10. The van der Waals surface area contributed by atoms with Crippen LogP contribution < -0.4 is 0 Å². The summed E-state index contributed by atoms with van der Waals surface area (Å²) in [6.07, 6.45) is 0. The van der Waals surface area contributed by atoms with Crippen molar-refractivity contribution in [3.63, 3.8) is 0 Å². The molecule has 0 unspecified atom stereocenters. The fraction of sp³-hybridized carbons (Fsp3) is 0.588. The first-order chi connectivity index (χ1) is 10.0. The summed E-state index contributed by atoms with van der Waals surface area (Å²) in [5.41, 5.74) is 0.258. The van der Waals surface area contributed by atoms with Crippen molar-refractivity contribution in [2.75, 3.05) is 0 Å². The molecule has 120 valence electrons. The number of carbonyl (C=O) groups excluding carboxylic acids is 1. The van der Waals surface area contributed by atoms with Crippen LogP contribution in [0.2, 0.25) is 0 Å². The van der Waals surface area contributed by atoms with Gasteiger partial charge in [0.25, 0.3) is 0 Å². The summed E-state index contributed by atoms with van der Waals surface area (Å²) in [4.78, 5) is 12.0. The maximum atomic E-state index is 12.0. The molecule has 1 aromatic carbocycles. The topological polar surface area (TPSA) is 35.5 Å².